The van der Waals surface area contributed by atoms with Crippen LogP contribution < -0.4 is 15.2 Å². The van der Waals surface area contributed by atoms with Crippen LogP contribution in [0.15, 0.2) is 41.3 Å². The fraction of sp³-hybridized carbons (Fsp3) is 0.143. The van der Waals surface area contributed by atoms with Gasteiger partial charge in [0.1, 0.15) is 11.6 Å². The van der Waals surface area contributed by atoms with Crippen LogP contribution in [0.2, 0.25) is 0 Å². The molecule has 0 radical (unpaired) electrons. The molecule has 0 saturated carbocycles. The highest BCUT2D eigenvalue weighted by Crippen LogP contribution is 2.26. The van der Waals surface area contributed by atoms with Crippen LogP contribution in [-0.2, 0) is 10.0 Å². The summed E-state index contributed by atoms with van der Waals surface area (Å²) in [7, 11) is -2.35. The number of sulfonamides is 1. The zero-order valence-electron chi connectivity index (χ0n) is 11.6. The Hall–Kier alpha value is -2.28. The number of aryl methyl sites for hydroxylation is 1. The summed E-state index contributed by atoms with van der Waals surface area (Å²) in [6.45, 7) is 1.55. The molecule has 0 heterocycles. The molecule has 21 heavy (non-hydrogen) atoms. The highest BCUT2D eigenvalue weighted by Gasteiger charge is 2.16. The quantitative estimate of drug-likeness (QED) is 0.850. The first-order valence-corrected chi connectivity index (χ1v) is 7.54. The summed E-state index contributed by atoms with van der Waals surface area (Å²) in [5, 5.41) is 0. The van der Waals surface area contributed by atoms with Crippen LogP contribution >= 0.6 is 0 Å². The van der Waals surface area contributed by atoms with Crippen LogP contribution in [0.4, 0.5) is 15.8 Å². The Balaban J connectivity index is 2.33. The van der Waals surface area contributed by atoms with Crippen LogP contribution in [0.25, 0.3) is 0 Å². The zero-order valence-corrected chi connectivity index (χ0v) is 12.4. The topological polar surface area (TPSA) is 81.4 Å². The predicted molar refractivity (Wildman–Crippen MR) is 79.4 cm³/mol. The van der Waals surface area contributed by atoms with Gasteiger partial charge in [0.15, 0.2) is 0 Å². The largest absolute Gasteiger partial charge is 0.495 e. The standard InChI is InChI=1S/C14H15FN2O3S/c1-9-7-10(3-5-12(9)15)17-21(18,19)11-4-6-14(20-2)13(16)8-11/h3-8,17H,16H2,1-2H3. The Labute approximate surface area is 122 Å². The Morgan fingerprint density at radius 3 is 2.48 bits per heavy atom. The van der Waals surface area contributed by atoms with Crippen molar-refractivity contribution in [3.05, 3.63) is 47.8 Å². The molecule has 0 unspecified atom stereocenters. The van der Waals surface area contributed by atoms with Crippen molar-refractivity contribution in [2.24, 2.45) is 0 Å². The summed E-state index contributed by atoms with van der Waals surface area (Å²) >= 11 is 0. The number of hydrogen-bond donors (Lipinski definition) is 2. The van der Waals surface area contributed by atoms with E-state index in [1.807, 2.05) is 0 Å². The third kappa shape index (κ3) is 3.25. The summed E-state index contributed by atoms with van der Waals surface area (Å²) in [5.74, 6) is -0.00165. The molecule has 3 N–H and O–H groups in total. The van der Waals surface area contributed by atoms with E-state index in [0.717, 1.165) is 0 Å². The Morgan fingerprint density at radius 1 is 1.19 bits per heavy atom. The summed E-state index contributed by atoms with van der Waals surface area (Å²) in [6.07, 6.45) is 0. The van der Waals surface area contributed by atoms with E-state index in [1.54, 1.807) is 6.92 Å². The lowest BCUT2D eigenvalue weighted by Gasteiger charge is -2.11. The van der Waals surface area contributed by atoms with E-state index in [0.29, 0.717) is 11.3 Å². The van der Waals surface area contributed by atoms with Crippen LogP contribution in [0, 0.1) is 12.7 Å². The minimum atomic E-state index is -3.80. The normalized spacial score (nSPS) is 11.2. The van der Waals surface area contributed by atoms with Crippen LogP contribution in [-0.4, -0.2) is 15.5 Å². The number of hydrogen-bond acceptors (Lipinski definition) is 4. The molecule has 0 bridgehead atoms. The average molecular weight is 310 g/mol. The molecule has 0 amide bonds. The second-order valence-corrected chi connectivity index (χ2v) is 6.16. The lowest BCUT2D eigenvalue weighted by molar-refractivity contribution is 0.416. The lowest BCUT2D eigenvalue weighted by atomic mass is 10.2. The summed E-state index contributed by atoms with van der Waals surface area (Å²) in [6, 6.07) is 8.13. The van der Waals surface area contributed by atoms with Gasteiger partial charge < -0.3 is 10.5 Å². The van der Waals surface area contributed by atoms with E-state index in [2.05, 4.69) is 4.72 Å². The summed E-state index contributed by atoms with van der Waals surface area (Å²) < 4.78 is 45.0. The third-order valence-corrected chi connectivity index (χ3v) is 4.30. The van der Waals surface area contributed by atoms with Gasteiger partial charge in [-0.15, -0.1) is 0 Å². The molecule has 2 aromatic carbocycles. The molecule has 112 valence electrons. The maximum Gasteiger partial charge on any atom is 0.261 e. The number of rotatable bonds is 4. The first-order chi connectivity index (χ1) is 9.83. The number of anilines is 2. The third-order valence-electron chi connectivity index (χ3n) is 2.92. The Bertz CT molecular complexity index is 776. The van der Waals surface area contributed by atoms with E-state index < -0.39 is 15.8 Å². The first-order valence-electron chi connectivity index (χ1n) is 6.06. The van der Waals surface area contributed by atoms with Crippen molar-refractivity contribution >= 4 is 21.4 Å². The van der Waals surface area contributed by atoms with Gasteiger partial charge in [-0.3, -0.25) is 4.72 Å². The van der Waals surface area contributed by atoms with E-state index in [4.69, 9.17) is 10.5 Å². The van der Waals surface area contributed by atoms with E-state index in [1.165, 1.54) is 43.5 Å². The second kappa shape index (κ2) is 5.61. The fourth-order valence-corrected chi connectivity index (χ4v) is 2.89. The van der Waals surface area contributed by atoms with Crippen LogP contribution in [0.5, 0.6) is 5.75 Å². The number of benzene rings is 2. The SMILES string of the molecule is COc1ccc(S(=O)(=O)Nc2ccc(F)c(C)c2)cc1N. The molecule has 0 aliphatic carbocycles. The fourth-order valence-electron chi connectivity index (χ4n) is 1.80. The molecule has 0 spiro atoms. The van der Waals surface area contributed by atoms with Gasteiger partial charge >= 0.3 is 0 Å². The molecule has 0 atom stereocenters. The maximum absolute atomic E-state index is 13.2. The van der Waals surface area contributed by atoms with Gasteiger partial charge in [0, 0.05) is 5.69 Å². The molecule has 2 rings (SSSR count). The number of nitrogens with one attached hydrogen (secondary N) is 1. The number of ether oxygens (including phenoxy) is 1. The molecule has 5 nitrogen and oxygen atoms in total. The number of nitrogen functional groups attached to an aromatic ring is 1. The molecular weight excluding hydrogens is 295 g/mol. The molecule has 0 aromatic heterocycles. The molecule has 0 aliphatic heterocycles. The Morgan fingerprint density at radius 2 is 1.90 bits per heavy atom. The lowest BCUT2D eigenvalue weighted by Crippen LogP contribution is -2.13. The van der Waals surface area contributed by atoms with Gasteiger partial charge in [0.25, 0.3) is 10.0 Å². The van der Waals surface area contributed by atoms with Gasteiger partial charge in [0.2, 0.25) is 0 Å². The van der Waals surface area contributed by atoms with Crippen LogP contribution in [0.3, 0.4) is 0 Å². The van der Waals surface area contributed by atoms with Gasteiger partial charge in [-0.05, 0) is 48.9 Å². The first kappa shape index (κ1) is 15.1. The molecule has 2 aromatic rings. The maximum atomic E-state index is 13.2. The van der Waals surface area contributed by atoms with Crippen LogP contribution in [0.1, 0.15) is 5.56 Å². The van der Waals surface area contributed by atoms with Gasteiger partial charge in [-0.1, -0.05) is 0 Å². The van der Waals surface area contributed by atoms with Crippen molar-refractivity contribution in [2.45, 2.75) is 11.8 Å². The molecule has 7 heteroatoms. The van der Waals surface area contributed by atoms with Crippen molar-refractivity contribution in [3.63, 3.8) is 0 Å². The highest BCUT2D eigenvalue weighted by atomic mass is 32.2. The molecule has 0 saturated heterocycles. The van der Waals surface area contributed by atoms with E-state index in [9.17, 15) is 12.8 Å². The summed E-state index contributed by atoms with van der Waals surface area (Å²) in [5.41, 5.74) is 6.55. The zero-order chi connectivity index (χ0) is 15.6. The monoisotopic (exact) mass is 310 g/mol. The van der Waals surface area contributed by atoms with E-state index in [-0.39, 0.29) is 16.3 Å². The van der Waals surface area contributed by atoms with Crippen molar-refractivity contribution in [2.75, 3.05) is 17.6 Å². The Kier molecular flexibility index (Phi) is 4.04. The van der Waals surface area contributed by atoms with Gasteiger partial charge in [0.05, 0.1) is 17.7 Å². The predicted octanol–water partition coefficient (Wildman–Crippen LogP) is 2.53. The van der Waals surface area contributed by atoms with Crippen molar-refractivity contribution in [3.8, 4) is 5.75 Å². The molecule has 0 aliphatic rings. The van der Waals surface area contributed by atoms with E-state index >= 15 is 0 Å². The number of nitrogens with two attached hydrogens (primary N) is 1. The minimum Gasteiger partial charge on any atom is -0.495 e. The number of methoxy groups -OCH3 is 1. The van der Waals surface area contributed by atoms with Gasteiger partial charge in [-0.2, -0.15) is 0 Å². The number of halogens is 1. The molecule has 0 fully saturated rings. The van der Waals surface area contributed by atoms with Crippen molar-refractivity contribution in [1.29, 1.82) is 0 Å². The van der Waals surface area contributed by atoms with Gasteiger partial charge in [-0.25, -0.2) is 12.8 Å². The smallest absolute Gasteiger partial charge is 0.261 e. The van der Waals surface area contributed by atoms with Crippen molar-refractivity contribution in [1.82, 2.24) is 0 Å². The molecular formula is C14H15FN2O3S. The van der Waals surface area contributed by atoms with Crippen molar-refractivity contribution < 1.29 is 17.5 Å². The summed E-state index contributed by atoms with van der Waals surface area (Å²) in [4.78, 5) is 0.00257. The highest BCUT2D eigenvalue weighted by molar-refractivity contribution is 7.92. The minimum absolute atomic E-state index is 0.00257. The average Bonchev–Trinajstić information content (AvgIpc) is 2.42. The second-order valence-electron chi connectivity index (χ2n) is 4.47.